The number of hydrogen-bond acceptors (Lipinski definition) is 6. The van der Waals surface area contributed by atoms with Crippen LogP contribution in [0.3, 0.4) is 0 Å². The molecule has 2 aromatic heterocycles. The molecule has 128 valence electrons. The first-order chi connectivity index (χ1) is 12.1. The number of anilines is 1. The van der Waals surface area contributed by atoms with E-state index in [0.29, 0.717) is 5.69 Å². The van der Waals surface area contributed by atoms with Crippen molar-refractivity contribution in [3.05, 3.63) is 52.9 Å². The molecule has 2 amide bonds. The predicted octanol–water partition coefficient (Wildman–Crippen LogP) is 3.63. The zero-order valence-electron chi connectivity index (χ0n) is 13.1. The van der Waals surface area contributed by atoms with Crippen LogP contribution in [0.25, 0.3) is 9.88 Å². The van der Waals surface area contributed by atoms with E-state index in [-0.39, 0.29) is 18.1 Å². The average Bonchev–Trinajstić information content (AvgIpc) is 3.25. The van der Waals surface area contributed by atoms with E-state index in [9.17, 15) is 9.59 Å². The van der Waals surface area contributed by atoms with Crippen LogP contribution in [0, 0.1) is 0 Å². The fourth-order valence-electron chi connectivity index (χ4n) is 2.11. The van der Waals surface area contributed by atoms with E-state index in [4.69, 9.17) is 5.73 Å². The van der Waals surface area contributed by atoms with E-state index in [2.05, 4.69) is 10.3 Å². The molecule has 0 bridgehead atoms. The fourth-order valence-corrected chi connectivity index (χ4v) is 4.49. The molecule has 0 aliphatic carbocycles. The molecule has 3 rings (SSSR count). The molecule has 1 aromatic carbocycles. The zero-order chi connectivity index (χ0) is 17.6. The highest BCUT2D eigenvalue weighted by Gasteiger charge is 2.12. The van der Waals surface area contributed by atoms with E-state index >= 15 is 0 Å². The summed E-state index contributed by atoms with van der Waals surface area (Å²) in [6.45, 7) is 0. The minimum atomic E-state index is -0.394. The molecular weight excluding hydrogens is 374 g/mol. The average molecular weight is 390 g/mol. The Hall–Kier alpha value is -2.16. The van der Waals surface area contributed by atoms with Gasteiger partial charge in [-0.2, -0.15) is 0 Å². The van der Waals surface area contributed by atoms with Crippen molar-refractivity contribution >= 4 is 51.9 Å². The molecule has 0 atom stereocenters. The normalized spacial score (nSPS) is 10.6. The van der Waals surface area contributed by atoms with Gasteiger partial charge in [-0.25, -0.2) is 4.98 Å². The molecule has 0 fully saturated rings. The quantitative estimate of drug-likeness (QED) is 0.604. The summed E-state index contributed by atoms with van der Waals surface area (Å²) in [5.41, 5.74) is 6.60. The molecule has 0 spiro atoms. The van der Waals surface area contributed by atoms with Gasteiger partial charge in [0.1, 0.15) is 5.01 Å². The number of carbonyl (C=O) groups is 2. The molecule has 0 radical (unpaired) electrons. The molecule has 0 aliphatic heterocycles. The number of para-hydroxylation sites is 1. The van der Waals surface area contributed by atoms with Gasteiger partial charge in [0.25, 0.3) is 0 Å². The van der Waals surface area contributed by atoms with Gasteiger partial charge >= 0.3 is 0 Å². The molecule has 0 saturated carbocycles. The number of benzene rings is 1. The summed E-state index contributed by atoms with van der Waals surface area (Å²) < 4.78 is 0. The molecule has 0 aliphatic rings. The lowest BCUT2D eigenvalue weighted by Gasteiger charge is -2.09. The second kappa shape index (κ2) is 8.28. The van der Waals surface area contributed by atoms with Gasteiger partial charge < -0.3 is 11.1 Å². The van der Waals surface area contributed by atoms with E-state index in [1.807, 2.05) is 41.1 Å². The maximum atomic E-state index is 12.3. The number of aromatic nitrogens is 1. The summed E-state index contributed by atoms with van der Waals surface area (Å²) in [4.78, 5) is 29.7. The lowest BCUT2D eigenvalue weighted by molar-refractivity contribution is -0.116. The van der Waals surface area contributed by atoms with Gasteiger partial charge in [-0.1, -0.05) is 18.2 Å². The fraction of sp³-hybridized carbons (Fsp3) is 0.118. The van der Waals surface area contributed by atoms with Crippen molar-refractivity contribution in [3.8, 4) is 9.88 Å². The van der Waals surface area contributed by atoms with Gasteiger partial charge in [0.2, 0.25) is 11.8 Å². The summed E-state index contributed by atoms with van der Waals surface area (Å²) in [5, 5.41) is 7.72. The third kappa shape index (κ3) is 4.91. The van der Waals surface area contributed by atoms with E-state index in [0.717, 1.165) is 20.5 Å². The van der Waals surface area contributed by atoms with Crippen LogP contribution in [0.2, 0.25) is 0 Å². The number of thiazole rings is 1. The maximum absolute atomic E-state index is 12.3. The molecule has 3 N–H and O–H groups in total. The number of nitrogens with zero attached hydrogens (tertiary/aromatic N) is 1. The zero-order valence-corrected chi connectivity index (χ0v) is 15.5. The second-order valence-corrected chi connectivity index (χ2v) is 7.92. The SMILES string of the molecule is NC(=O)CSc1ccccc1NC(=O)Cc1csc(-c2cccs2)n1. The Balaban J connectivity index is 1.64. The molecule has 0 unspecified atom stereocenters. The minimum Gasteiger partial charge on any atom is -0.369 e. The predicted molar refractivity (Wildman–Crippen MR) is 104 cm³/mol. The molecule has 3 aromatic rings. The highest BCUT2D eigenvalue weighted by atomic mass is 32.2. The van der Waals surface area contributed by atoms with E-state index in [1.54, 1.807) is 17.4 Å². The number of carbonyl (C=O) groups excluding carboxylic acids is 2. The number of amides is 2. The number of nitrogens with two attached hydrogens (primary N) is 1. The van der Waals surface area contributed by atoms with Crippen molar-refractivity contribution in [1.29, 1.82) is 0 Å². The van der Waals surface area contributed by atoms with Gasteiger partial charge in [0.15, 0.2) is 0 Å². The third-order valence-electron chi connectivity index (χ3n) is 3.16. The Morgan fingerprint density at radius 1 is 1.16 bits per heavy atom. The first-order valence-electron chi connectivity index (χ1n) is 7.40. The van der Waals surface area contributed by atoms with Gasteiger partial charge in [-0.05, 0) is 23.6 Å². The van der Waals surface area contributed by atoms with E-state index in [1.165, 1.54) is 23.1 Å². The topological polar surface area (TPSA) is 85.1 Å². The van der Waals surface area contributed by atoms with Gasteiger partial charge in [-0.3, -0.25) is 9.59 Å². The smallest absolute Gasteiger partial charge is 0.230 e. The standard InChI is InChI=1S/C17H15N3O2S3/c18-15(21)10-24-13-5-2-1-4-12(13)20-16(22)8-11-9-25-17(19-11)14-6-3-7-23-14/h1-7,9H,8,10H2,(H2,18,21)(H,20,22). The van der Waals surface area contributed by atoms with Gasteiger partial charge in [0, 0.05) is 10.3 Å². The first-order valence-corrected chi connectivity index (χ1v) is 10.1. The van der Waals surface area contributed by atoms with Crippen LogP contribution in [0.5, 0.6) is 0 Å². The van der Waals surface area contributed by atoms with Crippen molar-refractivity contribution < 1.29 is 9.59 Å². The highest BCUT2D eigenvalue weighted by Crippen LogP contribution is 2.29. The van der Waals surface area contributed by atoms with Crippen LogP contribution in [-0.4, -0.2) is 22.6 Å². The Morgan fingerprint density at radius 3 is 2.76 bits per heavy atom. The third-order valence-corrected chi connectivity index (χ3v) is 6.18. The number of nitrogens with one attached hydrogen (secondary N) is 1. The van der Waals surface area contributed by atoms with Crippen LogP contribution in [-0.2, 0) is 16.0 Å². The number of rotatable bonds is 7. The highest BCUT2D eigenvalue weighted by molar-refractivity contribution is 8.00. The largest absolute Gasteiger partial charge is 0.369 e. The number of thiophene rings is 1. The van der Waals surface area contributed by atoms with Crippen molar-refractivity contribution in [1.82, 2.24) is 4.98 Å². The number of hydrogen-bond donors (Lipinski definition) is 2. The summed E-state index contributed by atoms with van der Waals surface area (Å²) in [6, 6.07) is 11.3. The van der Waals surface area contributed by atoms with Crippen LogP contribution in [0.4, 0.5) is 5.69 Å². The maximum Gasteiger partial charge on any atom is 0.230 e. The monoisotopic (exact) mass is 389 g/mol. The van der Waals surface area contributed by atoms with Crippen molar-refractivity contribution in [2.45, 2.75) is 11.3 Å². The molecule has 2 heterocycles. The lowest BCUT2D eigenvalue weighted by atomic mass is 10.3. The summed E-state index contributed by atoms with van der Waals surface area (Å²) in [5.74, 6) is -0.367. The van der Waals surface area contributed by atoms with Gasteiger partial charge in [0.05, 0.1) is 28.4 Å². The molecule has 25 heavy (non-hydrogen) atoms. The van der Waals surface area contributed by atoms with Crippen molar-refractivity contribution in [3.63, 3.8) is 0 Å². The summed E-state index contributed by atoms with van der Waals surface area (Å²) in [7, 11) is 0. The molecule has 5 nitrogen and oxygen atoms in total. The molecule has 8 heteroatoms. The molecular formula is C17H15N3O2S3. The number of thioether (sulfide) groups is 1. The molecule has 0 saturated heterocycles. The lowest BCUT2D eigenvalue weighted by Crippen LogP contribution is -2.16. The minimum absolute atomic E-state index is 0.143. The summed E-state index contributed by atoms with van der Waals surface area (Å²) >= 11 is 4.47. The van der Waals surface area contributed by atoms with Gasteiger partial charge in [-0.15, -0.1) is 34.4 Å². The number of primary amides is 1. The van der Waals surface area contributed by atoms with Crippen molar-refractivity contribution in [2.24, 2.45) is 5.73 Å². The van der Waals surface area contributed by atoms with Crippen LogP contribution in [0.15, 0.2) is 52.1 Å². The van der Waals surface area contributed by atoms with Crippen LogP contribution in [0.1, 0.15) is 5.69 Å². The first kappa shape index (κ1) is 17.7. The Morgan fingerprint density at radius 2 is 2.00 bits per heavy atom. The second-order valence-electron chi connectivity index (χ2n) is 5.10. The van der Waals surface area contributed by atoms with E-state index < -0.39 is 5.91 Å². The Kier molecular flexibility index (Phi) is 5.85. The summed E-state index contributed by atoms with van der Waals surface area (Å²) in [6.07, 6.45) is 0.205. The van der Waals surface area contributed by atoms with Crippen LogP contribution < -0.4 is 11.1 Å². The Labute approximate surface area is 157 Å². The van der Waals surface area contributed by atoms with Crippen molar-refractivity contribution in [2.75, 3.05) is 11.1 Å². The van der Waals surface area contributed by atoms with Crippen LogP contribution >= 0.6 is 34.4 Å². The Bertz CT molecular complexity index is 875.